The van der Waals surface area contributed by atoms with Crippen molar-refractivity contribution < 1.29 is 8.42 Å². The highest BCUT2D eigenvalue weighted by Gasteiger charge is 2.15. The number of aromatic nitrogens is 1. The molecule has 0 saturated carbocycles. The van der Waals surface area contributed by atoms with Gasteiger partial charge in [-0.1, -0.05) is 6.07 Å². The lowest BCUT2D eigenvalue weighted by Gasteiger charge is -2.07. The average molecular weight is 297 g/mol. The first kappa shape index (κ1) is 14.0. The van der Waals surface area contributed by atoms with Crippen molar-refractivity contribution in [2.75, 3.05) is 5.73 Å². The van der Waals surface area contributed by atoms with Crippen LogP contribution in [0.4, 0.5) is 5.69 Å². The van der Waals surface area contributed by atoms with E-state index in [1.54, 1.807) is 18.3 Å². The summed E-state index contributed by atoms with van der Waals surface area (Å²) in [5.74, 6) is 0. The molecule has 0 aliphatic rings. The molecule has 19 heavy (non-hydrogen) atoms. The quantitative estimate of drug-likeness (QED) is 0.843. The zero-order valence-corrected chi connectivity index (χ0v) is 12.3. The van der Waals surface area contributed by atoms with Gasteiger partial charge in [-0.25, -0.2) is 18.1 Å². The first-order valence-electron chi connectivity index (χ1n) is 5.65. The maximum atomic E-state index is 12.1. The summed E-state index contributed by atoms with van der Waals surface area (Å²) in [6.07, 6.45) is 1.72. The molecule has 1 aromatic carbocycles. The molecule has 0 radical (unpaired) electrons. The number of rotatable bonds is 4. The van der Waals surface area contributed by atoms with Gasteiger partial charge in [0, 0.05) is 16.8 Å². The van der Waals surface area contributed by atoms with Crippen LogP contribution in [0.2, 0.25) is 0 Å². The highest BCUT2D eigenvalue weighted by atomic mass is 32.2. The third-order valence-electron chi connectivity index (χ3n) is 2.64. The van der Waals surface area contributed by atoms with Gasteiger partial charge >= 0.3 is 0 Å². The highest BCUT2D eigenvalue weighted by Crippen LogP contribution is 2.18. The summed E-state index contributed by atoms with van der Waals surface area (Å²) < 4.78 is 26.7. The predicted molar refractivity (Wildman–Crippen MR) is 76.5 cm³/mol. The van der Waals surface area contributed by atoms with Gasteiger partial charge in [0.1, 0.15) is 5.01 Å². The van der Waals surface area contributed by atoms with Crippen molar-refractivity contribution in [1.29, 1.82) is 0 Å². The van der Waals surface area contributed by atoms with Crippen molar-refractivity contribution in [3.05, 3.63) is 39.8 Å². The number of sulfonamides is 1. The Balaban J connectivity index is 2.16. The predicted octanol–water partition coefficient (Wildman–Crippen LogP) is 1.82. The van der Waals surface area contributed by atoms with Crippen LogP contribution in [0.3, 0.4) is 0 Å². The first-order valence-corrected chi connectivity index (χ1v) is 7.95. The number of nitrogens with two attached hydrogens (primary N) is 1. The van der Waals surface area contributed by atoms with Gasteiger partial charge in [0.05, 0.1) is 11.4 Å². The Labute approximate surface area is 116 Å². The summed E-state index contributed by atoms with van der Waals surface area (Å²) in [7, 11) is -3.55. The SMILES string of the molecule is Cc1cnc(CNS(=O)(=O)c2ccc(C)c(N)c2)s1. The van der Waals surface area contributed by atoms with Crippen LogP contribution in [0.5, 0.6) is 0 Å². The van der Waals surface area contributed by atoms with Gasteiger partial charge in [-0.2, -0.15) is 0 Å². The zero-order valence-electron chi connectivity index (χ0n) is 10.7. The Bertz CT molecular complexity index is 693. The number of benzene rings is 1. The van der Waals surface area contributed by atoms with Gasteiger partial charge < -0.3 is 5.73 Å². The summed E-state index contributed by atoms with van der Waals surface area (Å²) >= 11 is 1.47. The Kier molecular flexibility index (Phi) is 3.88. The molecule has 3 N–H and O–H groups in total. The van der Waals surface area contributed by atoms with Crippen LogP contribution in [0, 0.1) is 13.8 Å². The monoisotopic (exact) mass is 297 g/mol. The van der Waals surface area contributed by atoms with Crippen LogP contribution < -0.4 is 10.5 Å². The maximum absolute atomic E-state index is 12.1. The fourth-order valence-corrected chi connectivity index (χ4v) is 3.35. The van der Waals surface area contributed by atoms with Gasteiger partial charge in [-0.3, -0.25) is 0 Å². The molecule has 0 bridgehead atoms. The smallest absolute Gasteiger partial charge is 0.241 e. The minimum atomic E-state index is -3.55. The maximum Gasteiger partial charge on any atom is 0.241 e. The van der Waals surface area contributed by atoms with Crippen LogP contribution in [-0.2, 0) is 16.6 Å². The van der Waals surface area contributed by atoms with Crippen LogP contribution in [-0.4, -0.2) is 13.4 Å². The minimum Gasteiger partial charge on any atom is -0.398 e. The molecule has 2 aromatic rings. The van der Waals surface area contributed by atoms with E-state index < -0.39 is 10.0 Å². The Hall–Kier alpha value is -1.44. The summed E-state index contributed by atoms with van der Waals surface area (Å²) in [5, 5.41) is 0.737. The van der Waals surface area contributed by atoms with Crippen LogP contribution in [0.1, 0.15) is 15.4 Å². The third kappa shape index (κ3) is 3.31. The number of anilines is 1. The normalized spacial score (nSPS) is 11.7. The second-order valence-corrected chi connectivity index (χ2v) is 7.29. The summed E-state index contributed by atoms with van der Waals surface area (Å²) in [6, 6.07) is 4.70. The van der Waals surface area contributed by atoms with Gasteiger partial charge in [0.2, 0.25) is 10.0 Å². The van der Waals surface area contributed by atoms with E-state index in [4.69, 9.17) is 5.73 Å². The van der Waals surface area contributed by atoms with Crippen molar-refractivity contribution in [1.82, 2.24) is 9.71 Å². The Morgan fingerprint density at radius 1 is 1.37 bits per heavy atom. The number of nitrogen functional groups attached to an aromatic ring is 1. The average Bonchev–Trinajstić information content (AvgIpc) is 2.76. The van der Waals surface area contributed by atoms with E-state index in [-0.39, 0.29) is 11.4 Å². The Morgan fingerprint density at radius 3 is 2.68 bits per heavy atom. The van der Waals surface area contributed by atoms with Crippen molar-refractivity contribution in [2.45, 2.75) is 25.3 Å². The molecule has 5 nitrogen and oxygen atoms in total. The molecule has 0 atom stereocenters. The fraction of sp³-hybridized carbons (Fsp3) is 0.250. The first-order chi connectivity index (χ1) is 8.88. The number of aryl methyl sites for hydroxylation is 2. The largest absolute Gasteiger partial charge is 0.398 e. The minimum absolute atomic E-state index is 0.170. The summed E-state index contributed by atoms with van der Waals surface area (Å²) in [4.78, 5) is 5.33. The second kappa shape index (κ2) is 5.28. The van der Waals surface area contributed by atoms with Crippen molar-refractivity contribution in [3.8, 4) is 0 Å². The second-order valence-electron chi connectivity index (χ2n) is 4.21. The van der Waals surface area contributed by atoms with Gasteiger partial charge in [-0.15, -0.1) is 11.3 Å². The number of nitrogens with one attached hydrogen (secondary N) is 1. The van der Waals surface area contributed by atoms with E-state index in [9.17, 15) is 8.42 Å². The lowest BCUT2D eigenvalue weighted by Crippen LogP contribution is -2.23. The molecule has 0 aliphatic heterocycles. The zero-order chi connectivity index (χ0) is 14.0. The number of thiazole rings is 1. The highest BCUT2D eigenvalue weighted by molar-refractivity contribution is 7.89. The van der Waals surface area contributed by atoms with E-state index >= 15 is 0 Å². The fourth-order valence-electron chi connectivity index (χ4n) is 1.51. The van der Waals surface area contributed by atoms with Gasteiger partial charge in [0.15, 0.2) is 0 Å². The Morgan fingerprint density at radius 2 is 2.11 bits per heavy atom. The number of hydrogen-bond acceptors (Lipinski definition) is 5. The molecule has 1 aromatic heterocycles. The number of nitrogens with zero attached hydrogens (tertiary/aromatic N) is 1. The molecule has 0 amide bonds. The van der Waals surface area contributed by atoms with E-state index in [1.807, 2.05) is 13.8 Å². The number of hydrogen-bond donors (Lipinski definition) is 2. The molecule has 0 fully saturated rings. The van der Waals surface area contributed by atoms with Crippen molar-refractivity contribution in [2.24, 2.45) is 0 Å². The molecule has 7 heteroatoms. The molecule has 0 saturated heterocycles. The van der Waals surface area contributed by atoms with Crippen LogP contribution in [0.25, 0.3) is 0 Å². The molecule has 0 aliphatic carbocycles. The summed E-state index contributed by atoms with van der Waals surface area (Å²) in [5.41, 5.74) is 7.05. The van der Waals surface area contributed by atoms with E-state index in [0.717, 1.165) is 15.4 Å². The molecule has 1 heterocycles. The molecule has 102 valence electrons. The van der Waals surface area contributed by atoms with Gasteiger partial charge in [-0.05, 0) is 31.5 Å². The van der Waals surface area contributed by atoms with Crippen LogP contribution in [0.15, 0.2) is 29.3 Å². The standard InChI is InChI=1S/C12H15N3O2S2/c1-8-3-4-10(5-11(8)13)19(16,17)15-7-12-14-6-9(2)18-12/h3-6,15H,7,13H2,1-2H3. The lowest BCUT2D eigenvalue weighted by atomic mass is 10.2. The topological polar surface area (TPSA) is 85.1 Å². The van der Waals surface area contributed by atoms with E-state index in [1.165, 1.54) is 17.4 Å². The van der Waals surface area contributed by atoms with Gasteiger partial charge in [0.25, 0.3) is 0 Å². The van der Waals surface area contributed by atoms with E-state index in [0.29, 0.717) is 5.69 Å². The van der Waals surface area contributed by atoms with E-state index in [2.05, 4.69) is 9.71 Å². The molecule has 0 spiro atoms. The van der Waals surface area contributed by atoms with Crippen LogP contribution >= 0.6 is 11.3 Å². The third-order valence-corrected chi connectivity index (χ3v) is 4.96. The van der Waals surface area contributed by atoms with Crippen molar-refractivity contribution >= 4 is 27.0 Å². The summed E-state index contributed by atoms with van der Waals surface area (Å²) in [6.45, 7) is 3.95. The van der Waals surface area contributed by atoms with Crippen molar-refractivity contribution in [3.63, 3.8) is 0 Å². The molecular formula is C12H15N3O2S2. The molecular weight excluding hydrogens is 282 g/mol. The molecule has 0 unspecified atom stereocenters. The molecule has 2 rings (SSSR count). The lowest BCUT2D eigenvalue weighted by molar-refractivity contribution is 0.581.